The van der Waals surface area contributed by atoms with Crippen molar-refractivity contribution in [2.45, 2.75) is 24.9 Å². The normalized spacial score (nSPS) is 25.3. The smallest absolute Gasteiger partial charge is 0.238 e. The van der Waals surface area contributed by atoms with E-state index in [1.165, 1.54) is 15.4 Å². The number of rotatable bonds is 4. The van der Waals surface area contributed by atoms with Crippen LogP contribution < -0.4 is 0 Å². The summed E-state index contributed by atoms with van der Waals surface area (Å²) in [4.78, 5) is 14.1. The molecule has 3 atom stereocenters. The molecular formula is C21H24N2O4S. The first kappa shape index (κ1) is 19.1. The summed E-state index contributed by atoms with van der Waals surface area (Å²) in [5.74, 6) is -0.321. The fourth-order valence-corrected chi connectivity index (χ4v) is 5.27. The first-order valence-electron chi connectivity index (χ1n) is 9.34. The number of amides is 1. The Morgan fingerprint density at radius 1 is 1.11 bits per heavy atom. The molecule has 2 saturated heterocycles. The molecule has 0 aliphatic carbocycles. The Hall–Kier alpha value is -2.22. The maximum atomic E-state index is 12.4. The predicted molar refractivity (Wildman–Crippen MR) is 107 cm³/mol. The van der Waals surface area contributed by atoms with Gasteiger partial charge in [0.15, 0.2) is 0 Å². The molecule has 1 N–H and O–H groups in total. The van der Waals surface area contributed by atoms with Crippen LogP contribution in [0.1, 0.15) is 17.0 Å². The minimum absolute atomic E-state index is 0.0792. The van der Waals surface area contributed by atoms with Crippen LogP contribution in [0.4, 0.5) is 0 Å². The fraction of sp³-hybridized carbons (Fsp3) is 0.381. The van der Waals surface area contributed by atoms with Crippen LogP contribution in [-0.2, 0) is 14.8 Å². The van der Waals surface area contributed by atoms with E-state index in [4.69, 9.17) is 0 Å². The molecule has 1 amide bonds. The third kappa shape index (κ3) is 3.13. The van der Waals surface area contributed by atoms with Crippen molar-refractivity contribution in [3.8, 4) is 11.1 Å². The maximum absolute atomic E-state index is 12.4. The van der Waals surface area contributed by atoms with Gasteiger partial charge in [0.1, 0.15) is 0 Å². The predicted octanol–water partition coefficient (Wildman–Crippen LogP) is 1.59. The van der Waals surface area contributed by atoms with E-state index in [1.807, 2.05) is 36.4 Å². The third-order valence-electron chi connectivity index (χ3n) is 5.94. The van der Waals surface area contributed by atoms with Crippen molar-refractivity contribution in [1.29, 1.82) is 0 Å². The molecule has 2 aromatic rings. The van der Waals surface area contributed by atoms with Crippen LogP contribution in [0.5, 0.6) is 0 Å². The van der Waals surface area contributed by atoms with E-state index >= 15 is 0 Å². The van der Waals surface area contributed by atoms with E-state index in [9.17, 15) is 18.3 Å². The SMILES string of the molecule is Cc1ccccc1-c1ccc([C@H]2[C@H]3CN(S(C)(=O)=O)CC(=O)N3[C@H]2CO)cc1. The molecule has 0 saturated carbocycles. The minimum atomic E-state index is -3.44. The third-order valence-corrected chi connectivity index (χ3v) is 7.16. The van der Waals surface area contributed by atoms with E-state index in [2.05, 4.69) is 19.1 Å². The lowest BCUT2D eigenvalue weighted by atomic mass is 9.74. The van der Waals surface area contributed by atoms with Crippen molar-refractivity contribution in [2.75, 3.05) is 26.0 Å². The lowest BCUT2D eigenvalue weighted by Crippen LogP contribution is -2.73. The average molecular weight is 401 g/mol. The van der Waals surface area contributed by atoms with Crippen LogP contribution >= 0.6 is 0 Å². The van der Waals surface area contributed by atoms with Gasteiger partial charge in [-0.05, 0) is 29.2 Å². The van der Waals surface area contributed by atoms with E-state index in [-0.39, 0.29) is 43.6 Å². The number of fused-ring (bicyclic) bond motifs is 1. The number of aryl methyl sites for hydroxylation is 1. The summed E-state index contributed by atoms with van der Waals surface area (Å²) in [6.07, 6.45) is 1.13. The minimum Gasteiger partial charge on any atom is -0.394 e. The van der Waals surface area contributed by atoms with Gasteiger partial charge in [-0.15, -0.1) is 0 Å². The van der Waals surface area contributed by atoms with Crippen molar-refractivity contribution < 1.29 is 18.3 Å². The number of sulfonamides is 1. The number of carbonyl (C=O) groups is 1. The lowest BCUT2D eigenvalue weighted by Gasteiger charge is -2.58. The van der Waals surface area contributed by atoms with Gasteiger partial charge in [-0.25, -0.2) is 8.42 Å². The van der Waals surface area contributed by atoms with Gasteiger partial charge in [0.05, 0.1) is 31.5 Å². The summed E-state index contributed by atoms with van der Waals surface area (Å²) in [5.41, 5.74) is 4.48. The Balaban J connectivity index is 1.63. The number of hydrogen-bond acceptors (Lipinski definition) is 4. The van der Waals surface area contributed by atoms with Crippen LogP contribution in [0.2, 0.25) is 0 Å². The Bertz CT molecular complexity index is 1000. The highest BCUT2D eigenvalue weighted by Crippen LogP contribution is 2.43. The van der Waals surface area contributed by atoms with Crippen LogP contribution in [0.25, 0.3) is 11.1 Å². The average Bonchev–Trinajstić information content (AvgIpc) is 2.63. The molecule has 28 heavy (non-hydrogen) atoms. The highest BCUT2D eigenvalue weighted by atomic mass is 32.2. The van der Waals surface area contributed by atoms with Gasteiger partial charge in [-0.1, -0.05) is 48.5 Å². The van der Waals surface area contributed by atoms with Gasteiger partial charge < -0.3 is 10.0 Å². The van der Waals surface area contributed by atoms with Crippen molar-refractivity contribution in [3.63, 3.8) is 0 Å². The summed E-state index contributed by atoms with van der Waals surface area (Å²) in [5, 5.41) is 9.84. The number of aliphatic hydroxyl groups excluding tert-OH is 1. The second kappa shape index (κ2) is 6.99. The molecule has 2 aliphatic rings. The van der Waals surface area contributed by atoms with Crippen molar-refractivity contribution >= 4 is 15.9 Å². The maximum Gasteiger partial charge on any atom is 0.238 e. The van der Waals surface area contributed by atoms with Crippen LogP contribution in [0, 0.1) is 6.92 Å². The molecule has 0 bridgehead atoms. The summed E-state index contributed by atoms with van der Waals surface area (Å²) in [6, 6.07) is 15.8. The lowest BCUT2D eigenvalue weighted by molar-refractivity contribution is -0.158. The van der Waals surface area contributed by atoms with E-state index in [1.54, 1.807) is 4.90 Å². The largest absolute Gasteiger partial charge is 0.394 e. The number of carbonyl (C=O) groups excluding carboxylic acids is 1. The number of nitrogens with zero attached hydrogens (tertiary/aromatic N) is 2. The fourth-order valence-electron chi connectivity index (χ4n) is 4.50. The van der Waals surface area contributed by atoms with Gasteiger partial charge in [0.2, 0.25) is 15.9 Å². The number of benzene rings is 2. The molecule has 0 radical (unpaired) electrons. The topological polar surface area (TPSA) is 77.9 Å². The molecule has 2 heterocycles. The molecular weight excluding hydrogens is 376 g/mol. The van der Waals surface area contributed by atoms with Crippen molar-refractivity contribution in [2.24, 2.45) is 0 Å². The number of piperazine rings is 1. The molecule has 2 fully saturated rings. The second-order valence-electron chi connectivity index (χ2n) is 7.64. The first-order chi connectivity index (χ1) is 13.3. The molecule has 6 nitrogen and oxygen atoms in total. The Morgan fingerprint density at radius 3 is 2.39 bits per heavy atom. The monoisotopic (exact) mass is 400 g/mol. The zero-order valence-corrected chi connectivity index (χ0v) is 16.8. The zero-order valence-electron chi connectivity index (χ0n) is 15.9. The van der Waals surface area contributed by atoms with Crippen LogP contribution in [0.3, 0.4) is 0 Å². The van der Waals surface area contributed by atoms with Crippen LogP contribution in [0.15, 0.2) is 48.5 Å². The van der Waals surface area contributed by atoms with Gasteiger partial charge in [-0.2, -0.15) is 4.31 Å². The highest BCUT2D eigenvalue weighted by molar-refractivity contribution is 7.88. The molecule has 0 spiro atoms. The summed E-state index contributed by atoms with van der Waals surface area (Å²) >= 11 is 0. The van der Waals surface area contributed by atoms with E-state index in [0.29, 0.717) is 0 Å². The molecule has 2 aromatic carbocycles. The van der Waals surface area contributed by atoms with Crippen LogP contribution in [-0.4, -0.2) is 66.7 Å². The Kier molecular flexibility index (Phi) is 4.77. The second-order valence-corrected chi connectivity index (χ2v) is 9.62. The summed E-state index contributed by atoms with van der Waals surface area (Å²) in [7, 11) is -3.44. The molecule has 2 aliphatic heterocycles. The number of aliphatic hydroxyl groups is 1. The van der Waals surface area contributed by atoms with Gasteiger partial charge in [0, 0.05) is 12.5 Å². The standard InChI is InChI=1S/C21H24N2O4S/c1-14-5-3-4-6-17(14)15-7-9-16(10-8-15)21-18-11-22(28(2,26)27)12-20(25)23(18)19(21)13-24/h3-10,18-19,21,24H,11-13H2,1-2H3/t18-,19+,21+/m1/s1. The van der Waals surface area contributed by atoms with E-state index in [0.717, 1.165) is 17.4 Å². The Morgan fingerprint density at radius 2 is 1.79 bits per heavy atom. The van der Waals surface area contributed by atoms with Crippen molar-refractivity contribution in [1.82, 2.24) is 9.21 Å². The van der Waals surface area contributed by atoms with Crippen molar-refractivity contribution in [3.05, 3.63) is 59.7 Å². The van der Waals surface area contributed by atoms with Gasteiger partial charge in [-0.3, -0.25) is 4.79 Å². The number of hydrogen-bond donors (Lipinski definition) is 1. The first-order valence-corrected chi connectivity index (χ1v) is 11.2. The Labute approximate surface area is 165 Å². The van der Waals surface area contributed by atoms with Gasteiger partial charge in [0.25, 0.3) is 0 Å². The quantitative estimate of drug-likeness (QED) is 0.846. The van der Waals surface area contributed by atoms with Gasteiger partial charge >= 0.3 is 0 Å². The molecule has 0 aromatic heterocycles. The molecule has 4 rings (SSSR count). The summed E-state index contributed by atoms with van der Waals surface area (Å²) < 4.78 is 25.1. The summed E-state index contributed by atoms with van der Waals surface area (Å²) in [6.45, 7) is 2.06. The molecule has 0 unspecified atom stereocenters. The van der Waals surface area contributed by atoms with E-state index < -0.39 is 10.0 Å². The molecule has 148 valence electrons. The molecule has 7 heteroatoms. The highest BCUT2D eigenvalue weighted by Gasteiger charge is 2.54. The zero-order chi connectivity index (χ0) is 20.1.